The van der Waals surface area contributed by atoms with Gasteiger partial charge in [-0.25, -0.2) is 4.68 Å². The molecule has 1 heterocycles. The van der Waals surface area contributed by atoms with E-state index in [9.17, 15) is 4.79 Å². The maximum absolute atomic E-state index is 12.1. The number of nitrogens with one attached hydrogen (secondary N) is 1. The normalized spacial score (nSPS) is 16.4. The first-order valence-electron chi connectivity index (χ1n) is 7.80. The maximum atomic E-state index is 12.1. The molecule has 1 aliphatic rings. The van der Waals surface area contributed by atoms with Gasteiger partial charge < -0.3 is 10.1 Å². The average Bonchev–Trinajstić information content (AvgIpc) is 3.20. The van der Waals surface area contributed by atoms with E-state index in [0.717, 1.165) is 18.5 Å². The van der Waals surface area contributed by atoms with Crippen molar-refractivity contribution in [1.82, 2.24) is 15.1 Å². The van der Waals surface area contributed by atoms with Crippen molar-refractivity contribution in [3.8, 4) is 11.6 Å². The molecule has 0 spiro atoms. The summed E-state index contributed by atoms with van der Waals surface area (Å²) in [7, 11) is 0. The molecule has 0 bridgehead atoms. The predicted molar refractivity (Wildman–Crippen MR) is 84.1 cm³/mol. The van der Waals surface area contributed by atoms with Crippen LogP contribution >= 0.6 is 0 Å². The van der Waals surface area contributed by atoms with Crippen molar-refractivity contribution in [3.05, 3.63) is 42.6 Å². The van der Waals surface area contributed by atoms with E-state index in [4.69, 9.17) is 4.74 Å². The first kappa shape index (κ1) is 14.6. The van der Waals surface area contributed by atoms with Gasteiger partial charge in [-0.2, -0.15) is 0 Å². The average molecular weight is 299 g/mol. The quantitative estimate of drug-likeness (QED) is 0.923. The number of amides is 1. The topological polar surface area (TPSA) is 56.2 Å². The minimum absolute atomic E-state index is 0.0684. The molecule has 0 radical (unpaired) electrons. The lowest BCUT2D eigenvalue weighted by molar-refractivity contribution is -0.128. The second kappa shape index (κ2) is 6.64. The number of rotatable bonds is 5. The van der Waals surface area contributed by atoms with Crippen molar-refractivity contribution in [2.45, 2.75) is 44.8 Å². The Bertz CT molecular complexity index is 618. The fraction of sp³-hybridized carbons (Fsp3) is 0.412. The Morgan fingerprint density at radius 2 is 2.00 bits per heavy atom. The van der Waals surface area contributed by atoms with Crippen molar-refractivity contribution in [2.24, 2.45) is 0 Å². The molecule has 5 heteroatoms. The summed E-state index contributed by atoms with van der Waals surface area (Å²) in [5, 5.41) is 7.39. The molecule has 2 aromatic rings. The zero-order valence-electron chi connectivity index (χ0n) is 12.7. The Morgan fingerprint density at radius 3 is 2.73 bits per heavy atom. The summed E-state index contributed by atoms with van der Waals surface area (Å²) in [6.07, 6.45) is 5.82. The smallest absolute Gasteiger partial charge is 0.261 e. The van der Waals surface area contributed by atoms with Crippen LogP contribution in [0.25, 0.3) is 5.69 Å². The van der Waals surface area contributed by atoms with E-state index in [-0.39, 0.29) is 5.91 Å². The summed E-state index contributed by atoms with van der Waals surface area (Å²) in [6, 6.07) is 11.9. The molecule has 22 heavy (non-hydrogen) atoms. The van der Waals surface area contributed by atoms with Crippen LogP contribution in [0.5, 0.6) is 5.88 Å². The number of nitrogens with zero attached hydrogens (tertiary/aromatic N) is 2. The number of carbonyl (C=O) groups excluding carboxylic acids is 1. The lowest BCUT2D eigenvalue weighted by Crippen LogP contribution is -2.41. The van der Waals surface area contributed by atoms with E-state index in [0.29, 0.717) is 11.9 Å². The molecule has 5 nitrogen and oxygen atoms in total. The van der Waals surface area contributed by atoms with Crippen LogP contribution in [0.3, 0.4) is 0 Å². The fourth-order valence-electron chi connectivity index (χ4n) is 2.72. The molecular formula is C17H21N3O2. The maximum Gasteiger partial charge on any atom is 0.261 e. The number of hydrogen-bond acceptors (Lipinski definition) is 3. The van der Waals surface area contributed by atoms with Crippen LogP contribution in [0.1, 0.15) is 32.6 Å². The third kappa shape index (κ3) is 3.47. The number of aromatic nitrogens is 2. The summed E-state index contributed by atoms with van der Waals surface area (Å²) in [5.41, 5.74) is 0.959. The lowest BCUT2D eigenvalue weighted by atomic mass is 10.2. The third-order valence-corrected chi connectivity index (χ3v) is 3.95. The van der Waals surface area contributed by atoms with Gasteiger partial charge in [0, 0.05) is 18.3 Å². The number of ether oxygens (including phenoxy) is 1. The first-order chi connectivity index (χ1) is 10.7. The van der Waals surface area contributed by atoms with Gasteiger partial charge in [0.15, 0.2) is 6.10 Å². The highest BCUT2D eigenvalue weighted by Gasteiger charge is 2.22. The SMILES string of the molecule is C[C@@H](Oc1ccn(-c2ccccc2)n1)C(=O)NC1CCCC1. The molecule has 1 aromatic carbocycles. The minimum atomic E-state index is -0.542. The molecule has 1 atom stereocenters. The summed E-state index contributed by atoms with van der Waals surface area (Å²) in [6.45, 7) is 1.76. The molecule has 0 unspecified atom stereocenters. The van der Waals surface area contributed by atoms with Crippen LogP contribution in [0, 0.1) is 0 Å². The van der Waals surface area contributed by atoms with E-state index in [1.54, 1.807) is 17.7 Å². The van der Waals surface area contributed by atoms with Crippen LogP contribution < -0.4 is 10.1 Å². The highest BCUT2D eigenvalue weighted by Crippen LogP contribution is 2.18. The van der Waals surface area contributed by atoms with Crippen molar-refractivity contribution in [3.63, 3.8) is 0 Å². The van der Waals surface area contributed by atoms with Gasteiger partial charge in [-0.3, -0.25) is 4.79 Å². The molecule has 1 saturated carbocycles. The number of para-hydroxylation sites is 1. The Hall–Kier alpha value is -2.30. The van der Waals surface area contributed by atoms with Crippen molar-refractivity contribution >= 4 is 5.91 Å². The molecule has 116 valence electrons. The highest BCUT2D eigenvalue weighted by molar-refractivity contribution is 5.80. The van der Waals surface area contributed by atoms with E-state index in [2.05, 4.69) is 10.4 Å². The molecular weight excluding hydrogens is 278 g/mol. The molecule has 0 saturated heterocycles. The second-order valence-corrected chi connectivity index (χ2v) is 5.68. The first-order valence-corrected chi connectivity index (χ1v) is 7.80. The minimum Gasteiger partial charge on any atom is -0.463 e. The summed E-state index contributed by atoms with van der Waals surface area (Å²) in [4.78, 5) is 12.1. The summed E-state index contributed by atoms with van der Waals surface area (Å²) in [5.74, 6) is 0.388. The number of benzene rings is 1. The van der Waals surface area contributed by atoms with Gasteiger partial charge in [-0.15, -0.1) is 5.10 Å². The second-order valence-electron chi connectivity index (χ2n) is 5.68. The molecule has 1 aliphatic carbocycles. The van der Waals surface area contributed by atoms with Crippen molar-refractivity contribution in [2.75, 3.05) is 0 Å². The fourth-order valence-corrected chi connectivity index (χ4v) is 2.72. The van der Waals surface area contributed by atoms with Crippen LogP contribution in [0.4, 0.5) is 0 Å². The molecule has 3 rings (SSSR count). The lowest BCUT2D eigenvalue weighted by Gasteiger charge is -2.16. The van der Waals surface area contributed by atoms with E-state index >= 15 is 0 Å². The Morgan fingerprint density at radius 1 is 1.27 bits per heavy atom. The zero-order chi connectivity index (χ0) is 15.4. The van der Waals surface area contributed by atoms with Gasteiger partial charge in [0.1, 0.15) is 0 Å². The third-order valence-electron chi connectivity index (χ3n) is 3.95. The molecule has 0 aliphatic heterocycles. The van der Waals surface area contributed by atoms with Crippen LogP contribution in [0.15, 0.2) is 42.6 Å². The van der Waals surface area contributed by atoms with Gasteiger partial charge >= 0.3 is 0 Å². The molecule has 1 fully saturated rings. The van der Waals surface area contributed by atoms with Gasteiger partial charge in [0.05, 0.1) is 5.69 Å². The summed E-state index contributed by atoms with van der Waals surface area (Å²) < 4.78 is 7.38. The Balaban J connectivity index is 1.58. The van der Waals surface area contributed by atoms with Crippen LogP contribution in [-0.2, 0) is 4.79 Å². The Labute approximate surface area is 130 Å². The van der Waals surface area contributed by atoms with Gasteiger partial charge in [-0.1, -0.05) is 31.0 Å². The van der Waals surface area contributed by atoms with Crippen molar-refractivity contribution < 1.29 is 9.53 Å². The highest BCUT2D eigenvalue weighted by atomic mass is 16.5. The summed E-state index contributed by atoms with van der Waals surface area (Å²) >= 11 is 0. The Kier molecular flexibility index (Phi) is 4.42. The van der Waals surface area contributed by atoms with Gasteiger partial charge in [0.2, 0.25) is 5.88 Å². The predicted octanol–water partition coefficient (Wildman–Crippen LogP) is 2.70. The monoisotopic (exact) mass is 299 g/mol. The zero-order valence-corrected chi connectivity index (χ0v) is 12.7. The standard InChI is InChI=1S/C17H21N3O2/c1-13(17(21)18-14-7-5-6-8-14)22-16-11-12-20(19-16)15-9-3-2-4-10-15/h2-4,9-14H,5-8H2,1H3,(H,18,21)/t13-/m1/s1. The molecule has 1 N–H and O–H groups in total. The van der Waals surface area contributed by atoms with E-state index < -0.39 is 6.10 Å². The van der Waals surface area contributed by atoms with Gasteiger partial charge in [0.25, 0.3) is 5.91 Å². The van der Waals surface area contributed by atoms with Crippen LogP contribution in [0.2, 0.25) is 0 Å². The largest absolute Gasteiger partial charge is 0.463 e. The molecule has 1 aromatic heterocycles. The van der Waals surface area contributed by atoms with Crippen LogP contribution in [-0.4, -0.2) is 27.8 Å². The van der Waals surface area contributed by atoms with E-state index in [1.807, 2.05) is 36.5 Å². The van der Waals surface area contributed by atoms with E-state index in [1.165, 1.54) is 12.8 Å². The number of hydrogen-bond donors (Lipinski definition) is 1. The van der Waals surface area contributed by atoms with Gasteiger partial charge in [-0.05, 0) is 31.9 Å². The molecule has 1 amide bonds. The van der Waals surface area contributed by atoms with Crippen molar-refractivity contribution in [1.29, 1.82) is 0 Å². The number of carbonyl (C=O) groups is 1.